The van der Waals surface area contributed by atoms with Crippen LogP contribution in [0.2, 0.25) is 5.15 Å². The second-order valence-electron chi connectivity index (χ2n) is 1.50. The van der Waals surface area contributed by atoms with Crippen LogP contribution in [0.25, 0.3) is 0 Å². The molecule has 56 valence electrons. The van der Waals surface area contributed by atoms with Crippen molar-refractivity contribution in [2.75, 3.05) is 0 Å². The van der Waals surface area contributed by atoms with Crippen molar-refractivity contribution >= 4 is 24.0 Å². The van der Waals surface area contributed by atoms with Crippen LogP contribution in [-0.4, -0.2) is 9.97 Å². The fraction of sp³-hybridized carbons (Fsp3) is 0.200. The van der Waals surface area contributed by atoms with Crippen molar-refractivity contribution in [3.05, 3.63) is 23.2 Å². The number of nitrogens with zero attached hydrogens (tertiary/aromatic N) is 2. The predicted molar refractivity (Wildman–Crippen MR) is 42.2 cm³/mol. The van der Waals surface area contributed by atoms with E-state index in [1.165, 1.54) is 6.20 Å². The molecule has 3 nitrogen and oxygen atoms in total. The minimum absolute atomic E-state index is 0. The van der Waals surface area contributed by atoms with Gasteiger partial charge in [0.15, 0.2) is 5.15 Å². The molecule has 5 heteroatoms. The van der Waals surface area contributed by atoms with E-state index in [2.05, 4.69) is 9.97 Å². The average molecular weight is 180 g/mol. The van der Waals surface area contributed by atoms with Crippen LogP contribution in [0, 0.1) is 0 Å². The molecule has 0 atom stereocenters. The quantitative estimate of drug-likeness (QED) is 0.701. The van der Waals surface area contributed by atoms with Crippen LogP contribution in [0.5, 0.6) is 0 Å². The first-order valence-corrected chi connectivity index (χ1v) is 2.88. The highest BCUT2D eigenvalue weighted by Crippen LogP contribution is 2.05. The third-order valence-corrected chi connectivity index (χ3v) is 1.23. The molecule has 0 aromatic carbocycles. The predicted octanol–water partition coefficient (Wildman–Crippen LogP) is 1.01. The van der Waals surface area contributed by atoms with Crippen LogP contribution in [0.15, 0.2) is 12.4 Å². The first-order valence-electron chi connectivity index (χ1n) is 2.50. The molecule has 1 aromatic rings. The fourth-order valence-corrected chi connectivity index (χ4v) is 0.669. The summed E-state index contributed by atoms with van der Waals surface area (Å²) >= 11 is 5.57. The van der Waals surface area contributed by atoms with Gasteiger partial charge in [0.2, 0.25) is 0 Å². The molecule has 0 saturated carbocycles. The van der Waals surface area contributed by atoms with Crippen molar-refractivity contribution in [3.8, 4) is 0 Å². The number of halogens is 2. The Morgan fingerprint density at radius 2 is 2.00 bits per heavy atom. The number of nitrogens with two attached hydrogens (primary N) is 1. The van der Waals surface area contributed by atoms with Crippen molar-refractivity contribution in [2.45, 2.75) is 6.54 Å². The highest BCUT2D eigenvalue weighted by atomic mass is 35.5. The Morgan fingerprint density at radius 3 is 2.40 bits per heavy atom. The Morgan fingerprint density at radius 1 is 1.40 bits per heavy atom. The van der Waals surface area contributed by atoms with Gasteiger partial charge in [-0.15, -0.1) is 12.4 Å². The first-order chi connectivity index (χ1) is 4.34. The van der Waals surface area contributed by atoms with Crippen LogP contribution < -0.4 is 5.73 Å². The van der Waals surface area contributed by atoms with E-state index in [1.54, 1.807) is 6.20 Å². The lowest BCUT2D eigenvalue weighted by molar-refractivity contribution is 0.964. The molecular weight excluding hydrogens is 173 g/mol. The third kappa shape index (κ3) is 2.10. The molecular formula is C5H7Cl2N3. The number of hydrogen-bond donors (Lipinski definition) is 1. The number of rotatable bonds is 1. The van der Waals surface area contributed by atoms with Crippen molar-refractivity contribution in [1.29, 1.82) is 0 Å². The summed E-state index contributed by atoms with van der Waals surface area (Å²) in [5.41, 5.74) is 5.90. The molecule has 0 saturated heterocycles. The molecule has 10 heavy (non-hydrogen) atoms. The van der Waals surface area contributed by atoms with Gasteiger partial charge in [0.1, 0.15) is 0 Å². The summed E-state index contributed by atoms with van der Waals surface area (Å²) in [5, 5.41) is 0.389. The molecule has 0 fully saturated rings. The second-order valence-corrected chi connectivity index (χ2v) is 1.86. The number of aromatic nitrogens is 2. The molecule has 1 aromatic heterocycles. The van der Waals surface area contributed by atoms with Gasteiger partial charge in [-0.25, -0.2) is 4.98 Å². The summed E-state index contributed by atoms with van der Waals surface area (Å²) in [6.07, 6.45) is 3.09. The third-order valence-electron chi connectivity index (χ3n) is 0.916. The molecule has 2 N–H and O–H groups in total. The Balaban J connectivity index is 0.000000810. The molecule has 0 aliphatic carbocycles. The summed E-state index contributed by atoms with van der Waals surface area (Å²) in [4.78, 5) is 7.65. The molecule has 0 bridgehead atoms. The average Bonchev–Trinajstić information content (AvgIpc) is 1.89. The van der Waals surface area contributed by atoms with E-state index in [1.807, 2.05) is 0 Å². The summed E-state index contributed by atoms with van der Waals surface area (Å²) in [5.74, 6) is 0. The van der Waals surface area contributed by atoms with Gasteiger partial charge in [-0.1, -0.05) is 11.6 Å². The molecule has 1 rings (SSSR count). The molecule has 0 spiro atoms. The van der Waals surface area contributed by atoms with Crippen LogP contribution in [-0.2, 0) is 6.54 Å². The maximum Gasteiger partial charge on any atom is 0.151 e. The zero-order valence-corrected chi connectivity index (χ0v) is 6.69. The van der Waals surface area contributed by atoms with Crippen LogP contribution >= 0.6 is 24.0 Å². The summed E-state index contributed by atoms with van der Waals surface area (Å²) in [6, 6.07) is 0. The lowest BCUT2D eigenvalue weighted by Gasteiger charge is -1.94. The Hall–Kier alpha value is -0.380. The highest BCUT2D eigenvalue weighted by molar-refractivity contribution is 6.29. The van der Waals surface area contributed by atoms with Gasteiger partial charge in [0, 0.05) is 18.9 Å². The van der Waals surface area contributed by atoms with Gasteiger partial charge < -0.3 is 5.73 Å². The van der Waals surface area contributed by atoms with E-state index in [0.29, 0.717) is 17.4 Å². The van der Waals surface area contributed by atoms with Crippen LogP contribution in [0.4, 0.5) is 0 Å². The topological polar surface area (TPSA) is 51.8 Å². The van der Waals surface area contributed by atoms with E-state index in [0.717, 1.165) is 0 Å². The molecule has 0 amide bonds. The van der Waals surface area contributed by atoms with E-state index in [4.69, 9.17) is 17.3 Å². The van der Waals surface area contributed by atoms with Crippen molar-refractivity contribution in [2.24, 2.45) is 5.73 Å². The SMILES string of the molecule is Cl.NCc1nccnc1Cl. The van der Waals surface area contributed by atoms with E-state index >= 15 is 0 Å². The maximum absolute atomic E-state index is 5.57. The standard InChI is InChI=1S/C5H6ClN3.ClH/c6-5-4(3-7)8-1-2-9-5;/h1-2H,3,7H2;1H. The highest BCUT2D eigenvalue weighted by Gasteiger charge is 1.95. The second kappa shape index (κ2) is 4.44. The van der Waals surface area contributed by atoms with Gasteiger partial charge in [-0.3, -0.25) is 4.98 Å². The maximum atomic E-state index is 5.57. The summed E-state index contributed by atoms with van der Waals surface area (Å²) in [6.45, 7) is 0.340. The van der Waals surface area contributed by atoms with Crippen LogP contribution in [0.3, 0.4) is 0 Å². The Kier molecular flexibility index (Phi) is 4.27. The molecule has 0 unspecified atom stereocenters. The van der Waals surface area contributed by atoms with Gasteiger partial charge in [0.05, 0.1) is 5.69 Å². The lowest BCUT2D eigenvalue weighted by atomic mass is 10.5. The Labute approximate surface area is 70.0 Å². The van der Waals surface area contributed by atoms with Crippen LogP contribution in [0.1, 0.15) is 5.69 Å². The van der Waals surface area contributed by atoms with Gasteiger partial charge >= 0.3 is 0 Å². The fourth-order valence-electron chi connectivity index (χ4n) is 0.487. The lowest BCUT2D eigenvalue weighted by Crippen LogP contribution is -2.00. The van der Waals surface area contributed by atoms with Gasteiger partial charge in [-0.05, 0) is 0 Å². The van der Waals surface area contributed by atoms with E-state index < -0.39 is 0 Å². The van der Waals surface area contributed by atoms with Crippen molar-refractivity contribution in [3.63, 3.8) is 0 Å². The minimum Gasteiger partial charge on any atom is -0.325 e. The number of hydrogen-bond acceptors (Lipinski definition) is 3. The molecule has 0 radical (unpaired) electrons. The summed E-state index contributed by atoms with van der Waals surface area (Å²) in [7, 11) is 0. The summed E-state index contributed by atoms with van der Waals surface area (Å²) < 4.78 is 0. The Bertz CT molecular complexity index is 204. The van der Waals surface area contributed by atoms with E-state index in [9.17, 15) is 0 Å². The monoisotopic (exact) mass is 179 g/mol. The first kappa shape index (κ1) is 9.62. The zero-order chi connectivity index (χ0) is 6.69. The molecule has 0 aliphatic heterocycles. The van der Waals surface area contributed by atoms with Crippen molar-refractivity contribution in [1.82, 2.24) is 9.97 Å². The van der Waals surface area contributed by atoms with Crippen molar-refractivity contribution < 1.29 is 0 Å². The molecule has 1 heterocycles. The smallest absolute Gasteiger partial charge is 0.151 e. The van der Waals surface area contributed by atoms with E-state index in [-0.39, 0.29) is 12.4 Å². The van der Waals surface area contributed by atoms with Gasteiger partial charge in [-0.2, -0.15) is 0 Å². The molecule has 0 aliphatic rings. The zero-order valence-electron chi connectivity index (χ0n) is 5.12. The van der Waals surface area contributed by atoms with Gasteiger partial charge in [0.25, 0.3) is 0 Å². The normalized spacial score (nSPS) is 8.60. The largest absolute Gasteiger partial charge is 0.325 e. The minimum atomic E-state index is 0.